The Kier molecular flexibility index (Phi) is 2.73. The van der Waals surface area contributed by atoms with Crippen LogP contribution < -0.4 is 0 Å². The third-order valence-electron chi connectivity index (χ3n) is 2.74. The Morgan fingerprint density at radius 2 is 1.59 bits per heavy atom. The van der Waals surface area contributed by atoms with Crippen LogP contribution in [0.15, 0.2) is 0 Å². The van der Waals surface area contributed by atoms with Crippen molar-refractivity contribution in [1.82, 2.24) is 0 Å². The second kappa shape index (κ2) is 3.29. The molecule has 0 aliphatic heterocycles. The molecular formula is C8H9F3O5S. The normalized spacial score (nSPS) is 32.6. The summed E-state index contributed by atoms with van der Waals surface area (Å²) in [6.07, 6.45) is -1.18. The van der Waals surface area contributed by atoms with Gasteiger partial charge in [-0.15, -0.1) is 0 Å². The van der Waals surface area contributed by atoms with Gasteiger partial charge in [0.2, 0.25) is 0 Å². The number of hydrogen-bond donors (Lipinski definition) is 1. The first kappa shape index (κ1) is 14.1. The maximum Gasteiger partial charge on any atom is 0.355 e. The van der Waals surface area contributed by atoms with Crippen LogP contribution in [0.2, 0.25) is 0 Å². The van der Waals surface area contributed by atoms with Gasteiger partial charge < -0.3 is 0 Å². The van der Waals surface area contributed by atoms with Gasteiger partial charge in [0, 0.05) is 11.8 Å². The van der Waals surface area contributed by atoms with E-state index in [-0.39, 0.29) is 0 Å². The van der Waals surface area contributed by atoms with Crippen LogP contribution in [0.25, 0.3) is 0 Å². The molecule has 0 radical (unpaired) electrons. The zero-order valence-electron chi connectivity index (χ0n) is 8.83. The van der Waals surface area contributed by atoms with Gasteiger partial charge in [0.25, 0.3) is 5.78 Å². The van der Waals surface area contributed by atoms with Gasteiger partial charge in [-0.2, -0.15) is 17.2 Å². The minimum Gasteiger partial charge on any atom is -0.294 e. The zero-order valence-corrected chi connectivity index (χ0v) is 9.65. The lowest BCUT2D eigenvalue weighted by atomic mass is 9.72. The first-order chi connectivity index (χ1) is 7.28. The zero-order chi connectivity index (χ0) is 13.9. The van der Waals surface area contributed by atoms with E-state index in [1.54, 1.807) is 0 Å². The highest BCUT2D eigenvalue weighted by Crippen LogP contribution is 2.49. The third-order valence-corrected chi connectivity index (χ3v) is 3.87. The van der Waals surface area contributed by atoms with E-state index in [2.05, 4.69) is 0 Å². The fraction of sp³-hybridized carbons (Fsp3) is 0.750. The van der Waals surface area contributed by atoms with Crippen LogP contribution in [0.4, 0.5) is 13.2 Å². The predicted octanol–water partition coefficient (Wildman–Crippen LogP) is 0.743. The molecule has 9 heteroatoms. The maximum absolute atomic E-state index is 13.7. The minimum atomic E-state index is -5.89. The van der Waals surface area contributed by atoms with E-state index >= 15 is 0 Å². The summed E-state index contributed by atoms with van der Waals surface area (Å²) in [5.74, 6) is -9.00. The van der Waals surface area contributed by atoms with Gasteiger partial charge in [0.1, 0.15) is 0 Å². The number of ketones is 2. The highest BCUT2D eigenvalue weighted by Gasteiger charge is 2.73. The maximum atomic E-state index is 13.7. The van der Waals surface area contributed by atoms with Gasteiger partial charge >= 0.3 is 21.0 Å². The first-order valence-corrected chi connectivity index (χ1v) is 5.84. The van der Waals surface area contributed by atoms with E-state index in [1.165, 1.54) is 0 Å². The molecule has 0 aromatic carbocycles. The van der Waals surface area contributed by atoms with Crippen molar-refractivity contribution in [3.63, 3.8) is 0 Å². The summed E-state index contributed by atoms with van der Waals surface area (Å²) >= 11 is 0. The molecule has 1 unspecified atom stereocenters. The van der Waals surface area contributed by atoms with Gasteiger partial charge in [-0.1, -0.05) is 13.8 Å². The largest absolute Gasteiger partial charge is 0.355 e. The Labute approximate surface area is 94.7 Å². The summed E-state index contributed by atoms with van der Waals surface area (Å²) in [7, 11) is -5.89. The van der Waals surface area contributed by atoms with Crippen molar-refractivity contribution in [3.8, 4) is 0 Å². The smallest absolute Gasteiger partial charge is 0.294 e. The summed E-state index contributed by atoms with van der Waals surface area (Å²) in [4.78, 5) is 22.4. The van der Waals surface area contributed by atoms with E-state index in [4.69, 9.17) is 4.55 Å². The second-order valence-electron chi connectivity index (χ2n) is 4.46. The standard InChI is InChI=1S/C8H9F3O5S/c1-6(2)3-4(12)7(9,17(14,15)16)5(13)8(6,10)11/h3H2,1-2H3,(H,14,15,16). The molecule has 0 bridgehead atoms. The Bertz CT molecular complexity index is 495. The Hall–Kier alpha value is -0.960. The number of carbonyl (C=O) groups excluding carboxylic acids is 2. The van der Waals surface area contributed by atoms with Crippen LogP contribution in [-0.2, 0) is 19.7 Å². The van der Waals surface area contributed by atoms with Crippen LogP contribution in [0.3, 0.4) is 0 Å². The highest BCUT2D eigenvalue weighted by atomic mass is 32.2. The van der Waals surface area contributed by atoms with Crippen molar-refractivity contribution < 1.29 is 35.7 Å². The van der Waals surface area contributed by atoms with Crippen molar-refractivity contribution >= 4 is 21.7 Å². The van der Waals surface area contributed by atoms with Crippen molar-refractivity contribution in [3.05, 3.63) is 0 Å². The lowest BCUT2D eigenvalue weighted by molar-refractivity contribution is -0.183. The minimum absolute atomic E-state index is 0.826. The number of Topliss-reactive ketones (excluding diaryl/α,β-unsaturated/α-hetero) is 2. The molecule has 0 amide bonds. The summed E-state index contributed by atoms with van der Waals surface area (Å²) < 4.78 is 70.3. The summed E-state index contributed by atoms with van der Waals surface area (Å²) in [6.45, 7) is 1.65. The van der Waals surface area contributed by atoms with E-state index < -0.39 is 44.4 Å². The van der Waals surface area contributed by atoms with Crippen molar-refractivity contribution in [1.29, 1.82) is 0 Å². The van der Waals surface area contributed by atoms with Gasteiger partial charge in [0.15, 0.2) is 5.78 Å². The van der Waals surface area contributed by atoms with Crippen molar-refractivity contribution in [2.24, 2.45) is 5.41 Å². The number of rotatable bonds is 1. The summed E-state index contributed by atoms with van der Waals surface area (Å²) in [5, 5.41) is -4.58. The van der Waals surface area contributed by atoms with Gasteiger partial charge in [-0.05, 0) is 0 Å². The fourth-order valence-corrected chi connectivity index (χ4v) is 2.25. The number of halogens is 3. The molecule has 0 heterocycles. The molecule has 17 heavy (non-hydrogen) atoms. The van der Waals surface area contributed by atoms with Gasteiger partial charge in [0.05, 0.1) is 0 Å². The van der Waals surface area contributed by atoms with Crippen LogP contribution in [0, 0.1) is 5.41 Å². The Morgan fingerprint density at radius 3 is 1.94 bits per heavy atom. The van der Waals surface area contributed by atoms with Crippen molar-refractivity contribution in [2.45, 2.75) is 31.2 Å². The second-order valence-corrected chi connectivity index (χ2v) is 5.97. The highest BCUT2D eigenvalue weighted by molar-refractivity contribution is 7.88. The van der Waals surface area contributed by atoms with E-state index in [9.17, 15) is 31.2 Å². The first-order valence-electron chi connectivity index (χ1n) is 4.40. The molecule has 1 saturated carbocycles. The van der Waals surface area contributed by atoms with Crippen LogP contribution >= 0.6 is 0 Å². The average Bonchev–Trinajstić information content (AvgIpc) is 2.10. The lowest BCUT2D eigenvalue weighted by Gasteiger charge is -2.40. The van der Waals surface area contributed by atoms with Crippen LogP contribution in [-0.4, -0.2) is 35.5 Å². The van der Waals surface area contributed by atoms with Crippen LogP contribution in [0.1, 0.15) is 20.3 Å². The predicted molar refractivity (Wildman–Crippen MR) is 48.7 cm³/mol. The molecule has 98 valence electrons. The molecule has 0 spiro atoms. The quantitative estimate of drug-likeness (QED) is 0.563. The fourth-order valence-electron chi connectivity index (χ4n) is 1.52. The number of alkyl halides is 3. The molecule has 1 atom stereocenters. The molecule has 1 aliphatic carbocycles. The van der Waals surface area contributed by atoms with Gasteiger partial charge in [-0.25, -0.2) is 4.39 Å². The molecule has 1 aliphatic rings. The number of carbonyl (C=O) groups is 2. The monoisotopic (exact) mass is 274 g/mol. The molecule has 1 fully saturated rings. The van der Waals surface area contributed by atoms with Gasteiger partial charge in [-0.3, -0.25) is 14.1 Å². The molecule has 0 aromatic rings. The molecule has 0 aromatic heterocycles. The number of hydrogen-bond acceptors (Lipinski definition) is 4. The average molecular weight is 274 g/mol. The molecule has 1 N–H and O–H groups in total. The molecule has 5 nitrogen and oxygen atoms in total. The van der Waals surface area contributed by atoms with E-state index in [0.29, 0.717) is 0 Å². The SMILES string of the molecule is CC1(C)CC(=O)C(F)(S(=O)(=O)O)C(=O)C1(F)F. The molecule has 0 saturated heterocycles. The van der Waals surface area contributed by atoms with Crippen LogP contribution in [0.5, 0.6) is 0 Å². The lowest BCUT2D eigenvalue weighted by Crippen LogP contribution is -2.65. The Morgan fingerprint density at radius 1 is 1.18 bits per heavy atom. The van der Waals surface area contributed by atoms with E-state index in [0.717, 1.165) is 13.8 Å². The summed E-state index contributed by atoms with van der Waals surface area (Å²) in [6, 6.07) is 0. The van der Waals surface area contributed by atoms with E-state index in [1.807, 2.05) is 0 Å². The summed E-state index contributed by atoms with van der Waals surface area (Å²) in [5.41, 5.74) is -2.21. The van der Waals surface area contributed by atoms with Crippen molar-refractivity contribution in [2.75, 3.05) is 0 Å². The topological polar surface area (TPSA) is 88.5 Å². The Balaban J connectivity index is 3.52. The molecular weight excluding hydrogens is 265 g/mol. The molecule has 1 rings (SSSR count). The third kappa shape index (κ3) is 1.60.